The summed E-state index contributed by atoms with van der Waals surface area (Å²) in [6.07, 6.45) is 0. The predicted molar refractivity (Wildman–Crippen MR) is 73.0 cm³/mol. The molecule has 4 heteroatoms. The van der Waals surface area contributed by atoms with Crippen molar-refractivity contribution in [3.8, 4) is 5.69 Å². The predicted octanol–water partition coefficient (Wildman–Crippen LogP) is 2.30. The van der Waals surface area contributed by atoms with Gasteiger partial charge in [0.25, 0.3) is 0 Å². The Bertz CT molecular complexity index is 543. The molecular formula is C14H20N4. The van der Waals surface area contributed by atoms with Crippen LogP contribution in [0.4, 0.5) is 0 Å². The highest BCUT2D eigenvalue weighted by Crippen LogP contribution is 2.17. The van der Waals surface area contributed by atoms with E-state index in [2.05, 4.69) is 47.4 Å². The molecule has 0 aliphatic heterocycles. The molecule has 1 aromatic carbocycles. The van der Waals surface area contributed by atoms with Gasteiger partial charge in [0.2, 0.25) is 0 Å². The summed E-state index contributed by atoms with van der Waals surface area (Å²) in [6, 6.07) is 6.43. The van der Waals surface area contributed by atoms with Crippen molar-refractivity contribution in [2.24, 2.45) is 0 Å². The van der Waals surface area contributed by atoms with Gasteiger partial charge in [-0.2, -0.15) is 5.10 Å². The molecule has 2 aromatic rings. The van der Waals surface area contributed by atoms with Crippen molar-refractivity contribution in [2.45, 2.75) is 34.2 Å². The van der Waals surface area contributed by atoms with Crippen LogP contribution in [0.15, 0.2) is 18.2 Å². The van der Waals surface area contributed by atoms with Crippen LogP contribution in [0.1, 0.15) is 29.7 Å². The number of aryl methyl sites for hydroxylation is 3. The lowest BCUT2D eigenvalue weighted by atomic mass is 10.1. The molecule has 1 aromatic heterocycles. The Labute approximate surface area is 108 Å². The number of nitrogens with one attached hydrogen (secondary N) is 1. The first-order valence-corrected chi connectivity index (χ1v) is 6.32. The quantitative estimate of drug-likeness (QED) is 0.897. The molecule has 0 aliphatic rings. The van der Waals surface area contributed by atoms with Gasteiger partial charge in [-0.05, 0) is 38.9 Å². The van der Waals surface area contributed by atoms with E-state index in [1.165, 1.54) is 11.1 Å². The van der Waals surface area contributed by atoms with Crippen LogP contribution >= 0.6 is 0 Å². The van der Waals surface area contributed by atoms with Crippen molar-refractivity contribution in [2.75, 3.05) is 6.54 Å². The second-order valence-corrected chi connectivity index (χ2v) is 4.53. The van der Waals surface area contributed by atoms with E-state index in [0.717, 1.165) is 30.4 Å². The van der Waals surface area contributed by atoms with Crippen LogP contribution in [0.25, 0.3) is 5.69 Å². The number of rotatable bonds is 4. The molecule has 0 aliphatic carbocycles. The van der Waals surface area contributed by atoms with Gasteiger partial charge >= 0.3 is 0 Å². The molecule has 0 bridgehead atoms. The Hall–Kier alpha value is -1.68. The van der Waals surface area contributed by atoms with Gasteiger partial charge in [-0.15, -0.1) is 0 Å². The number of benzene rings is 1. The Morgan fingerprint density at radius 3 is 2.61 bits per heavy atom. The van der Waals surface area contributed by atoms with Gasteiger partial charge in [0.15, 0.2) is 0 Å². The van der Waals surface area contributed by atoms with E-state index in [1.807, 2.05) is 18.5 Å². The van der Waals surface area contributed by atoms with E-state index in [9.17, 15) is 0 Å². The van der Waals surface area contributed by atoms with E-state index < -0.39 is 0 Å². The molecule has 0 fully saturated rings. The van der Waals surface area contributed by atoms with Crippen LogP contribution in [-0.2, 0) is 6.54 Å². The Kier molecular flexibility index (Phi) is 3.77. The highest BCUT2D eigenvalue weighted by Gasteiger charge is 2.09. The summed E-state index contributed by atoms with van der Waals surface area (Å²) >= 11 is 0. The summed E-state index contributed by atoms with van der Waals surface area (Å²) in [5, 5.41) is 7.82. The summed E-state index contributed by atoms with van der Waals surface area (Å²) in [7, 11) is 0. The first-order valence-electron chi connectivity index (χ1n) is 6.32. The Morgan fingerprint density at radius 1 is 1.22 bits per heavy atom. The zero-order valence-corrected chi connectivity index (χ0v) is 11.5. The zero-order valence-electron chi connectivity index (χ0n) is 11.5. The van der Waals surface area contributed by atoms with Crippen molar-refractivity contribution in [1.29, 1.82) is 0 Å². The van der Waals surface area contributed by atoms with E-state index in [0.29, 0.717) is 0 Å². The second-order valence-electron chi connectivity index (χ2n) is 4.53. The highest BCUT2D eigenvalue weighted by molar-refractivity contribution is 5.43. The van der Waals surface area contributed by atoms with Gasteiger partial charge in [0.05, 0.1) is 5.69 Å². The van der Waals surface area contributed by atoms with Crippen molar-refractivity contribution in [3.63, 3.8) is 0 Å². The molecule has 0 saturated carbocycles. The van der Waals surface area contributed by atoms with Gasteiger partial charge in [0.1, 0.15) is 11.6 Å². The molecule has 1 N–H and O–H groups in total. The second kappa shape index (κ2) is 5.31. The first kappa shape index (κ1) is 12.8. The topological polar surface area (TPSA) is 42.7 Å². The largest absolute Gasteiger partial charge is 0.313 e. The zero-order chi connectivity index (χ0) is 13.1. The molecule has 0 unspecified atom stereocenters. The monoisotopic (exact) mass is 244 g/mol. The summed E-state index contributed by atoms with van der Waals surface area (Å²) in [5.41, 5.74) is 3.63. The smallest absolute Gasteiger partial charge is 0.148 e. The molecule has 1 heterocycles. The number of hydrogen-bond acceptors (Lipinski definition) is 3. The van der Waals surface area contributed by atoms with Gasteiger partial charge in [-0.3, -0.25) is 0 Å². The lowest BCUT2D eigenvalue weighted by Crippen LogP contribution is -2.15. The fraction of sp³-hybridized carbons (Fsp3) is 0.429. The summed E-state index contributed by atoms with van der Waals surface area (Å²) in [4.78, 5) is 4.36. The van der Waals surface area contributed by atoms with Crippen LogP contribution in [0.3, 0.4) is 0 Å². The summed E-state index contributed by atoms with van der Waals surface area (Å²) < 4.78 is 1.92. The molecule has 4 nitrogen and oxygen atoms in total. The Morgan fingerprint density at radius 2 is 2.00 bits per heavy atom. The molecule has 0 amide bonds. The lowest BCUT2D eigenvalue weighted by molar-refractivity contribution is 0.712. The molecule has 0 saturated heterocycles. The molecule has 2 rings (SSSR count). The maximum Gasteiger partial charge on any atom is 0.148 e. The molecule has 18 heavy (non-hydrogen) atoms. The normalized spacial score (nSPS) is 10.9. The Balaban J connectivity index is 2.46. The van der Waals surface area contributed by atoms with Crippen molar-refractivity contribution in [1.82, 2.24) is 20.1 Å². The summed E-state index contributed by atoms with van der Waals surface area (Å²) in [6.45, 7) is 9.94. The van der Waals surface area contributed by atoms with Crippen LogP contribution < -0.4 is 5.32 Å². The van der Waals surface area contributed by atoms with Gasteiger partial charge in [-0.1, -0.05) is 24.6 Å². The molecule has 0 radical (unpaired) electrons. The minimum atomic E-state index is 0.808. The third-order valence-corrected chi connectivity index (χ3v) is 2.90. The van der Waals surface area contributed by atoms with Crippen LogP contribution in [0.2, 0.25) is 0 Å². The minimum absolute atomic E-state index is 0.808. The molecular weight excluding hydrogens is 224 g/mol. The van der Waals surface area contributed by atoms with E-state index >= 15 is 0 Å². The minimum Gasteiger partial charge on any atom is -0.313 e. The molecule has 96 valence electrons. The fourth-order valence-corrected chi connectivity index (χ4v) is 2.07. The standard InChI is InChI=1S/C14H20N4/c1-5-15-9-13-8-10(2)6-7-14(13)18-12(4)16-11(3)17-18/h6-8,15H,5,9H2,1-4H3. The fourth-order valence-electron chi connectivity index (χ4n) is 2.07. The average Bonchev–Trinajstić information content (AvgIpc) is 2.66. The maximum atomic E-state index is 4.46. The van der Waals surface area contributed by atoms with Crippen molar-refractivity contribution >= 4 is 0 Å². The molecule has 0 spiro atoms. The van der Waals surface area contributed by atoms with Gasteiger partial charge in [-0.25, -0.2) is 9.67 Å². The van der Waals surface area contributed by atoms with E-state index in [-0.39, 0.29) is 0 Å². The summed E-state index contributed by atoms with van der Waals surface area (Å²) in [5.74, 6) is 1.73. The van der Waals surface area contributed by atoms with Crippen molar-refractivity contribution in [3.05, 3.63) is 41.0 Å². The highest BCUT2D eigenvalue weighted by atomic mass is 15.3. The van der Waals surface area contributed by atoms with Crippen LogP contribution in [0, 0.1) is 20.8 Å². The van der Waals surface area contributed by atoms with E-state index in [4.69, 9.17) is 0 Å². The van der Waals surface area contributed by atoms with Gasteiger partial charge < -0.3 is 5.32 Å². The molecule has 0 atom stereocenters. The van der Waals surface area contributed by atoms with Gasteiger partial charge in [0, 0.05) is 6.54 Å². The van der Waals surface area contributed by atoms with Crippen LogP contribution in [-0.4, -0.2) is 21.3 Å². The third-order valence-electron chi connectivity index (χ3n) is 2.90. The average molecular weight is 244 g/mol. The maximum absolute atomic E-state index is 4.46. The number of aromatic nitrogens is 3. The van der Waals surface area contributed by atoms with Crippen molar-refractivity contribution < 1.29 is 0 Å². The van der Waals surface area contributed by atoms with Crippen LogP contribution in [0.5, 0.6) is 0 Å². The number of nitrogens with zero attached hydrogens (tertiary/aromatic N) is 3. The van der Waals surface area contributed by atoms with E-state index in [1.54, 1.807) is 0 Å². The number of hydrogen-bond donors (Lipinski definition) is 1. The first-order chi connectivity index (χ1) is 8.61. The SMILES string of the molecule is CCNCc1cc(C)ccc1-n1nc(C)nc1C. The lowest BCUT2D eigenvalue weighted by Gasteiger charge is -2.11. The third kappa shape index (κ3) is 2.59.